The van der Waals surface area contributed by atoms with Gasteiger partial charge in [0.25, 0.3) is 0 Å². The van der Waals surface area contributed by atoms with Crippen LogP contribution in [0.2, 0.25) is 0 Å². The van der Waals surface area contributed by atoms with Crippen LogP contribution in [0.15, 0.2) is 36.4 Å². The van der Waals surface area contributed by atoms with Crippen LogP contribution in [0, 0.1) is 34.5 Å². The Kier molecular flexibility index (Phi) is 7.55. The molecule has 12 nitrogen and oxygen atoms in total. The monoisotopic (exact) mass is 609 g/mol. The first kappa shape index (κ1) is 31.4. The average molecular weight is 610 g/mol. The third-order valence-electron chi connectivity index (χ3n) is 10.3. The van der Waals surface area contributed by atoms with Gasteiger partial charge in [0.1, 0.15) is 23.5 Å². The van der Waals surface area contributed by atoms with E-state index in [9.17, 15) is 39.6 Å². The number of methoxy groups -OCH3 is 1. The van der Waals surface area contributed by atoms with E-state index in [1.54, 1.807) is 52.0 Å². The summed E-state index contributed by atoms with van der Waals surface area (Å²) in [6.07, 6.45) is -3.44. The number of hydrogen-bond donors (Lipinski definition) is 7. The van der Waals surface area contributed by atoms with Crippen LogP contribution in [-0.4, -0.2) is 68.8 Å². The maximum absolute atomic E-state index is 14.2. The second kappa shape index (κ2) is 10.6. The van der Waals surface area contributed by atoms with Gasteiger partial charge in [0.2, 0.25) is 5.91 Å². The van der Waals surface area contributed by atoms with E-state index in [-0.39, 0.29) is 35.8 Å². The molecule has 2 aromatic carbocycles. The van der Waals surface area contributed by atoms with Crippen LogP contribution >= 0.6 is 0 Å². The van der Waals surface area contributed by atoms with Crippen molar-refractivity contribution in [1.82, 2.24) is 0 Å². The molecular weight excluding hydrogens is 570 g/mol. The Hall–Kier alpha value is -4.00. The molecule has 0 radical (unpaired) electrons. The molecule has 0 saturated heterocycles. The van der Waals surface area contributed by atoms with Crippen molar-refractivity contribution in [2.24, 2.45) is 40.2 Å². The third kappa shape index (κ3) is 4.38. The lowest BCUT2D eigenvalue weighted by molar-refractivity contribution is -0.265. The number of ether oxygens (including phenoxy) is 1. The van der Waals surface area contributed by atoms with Gasteiger partial charge in [-0.1, -0.05) is 27.7 Å². The lowest BCUT2D eigenvalue weighted by atomic mass is 9.39. The van der Waals surface area contributed by atoms with Crippen LogP contribution in [0.1, 0.15) is 50.0 Å². The van der Waals surface area contributed by atoms with Gasteiger partial charge in [0, 0.05) is 16.8 Å². The number of nitrogens with two attached hydrogens (primary N) is 1. The van der Waals surface area contributed by atoms with Crippen LogP contribution in [0.5, 0.6) is 11.5 Å². The number of aliphatic hydroxyl groups is 3. The largest absolute Gasteiger partial charge is 0.507 e. The molecule has 0 aliphatic heterocycles. The fraction of sp³-hybridized carbons (Fsp3) is 0.500. The highest BCUT2D eigenvalue weighted by molar-refractivity contribution is 6.10. The first-order valence-corrected chi connectivity index (χ1v) is 14.5. The van der Waals surface area contributed by atoms with Gasteiger partial charge in [0.05, 0.1) is 24.7 Å². The van der Waals surface area contributed by atoms with Crippen molar-refractivity contribution in [3.05, 3.63) is 47.5 Å². The summed E-state index contributed by atoms with van der Waals surface area (Å²) in [7, 11) is 1.52. The third-order valence-corrected chi connectivity index (χ3v) is 10.3. The summed E-state index contributed by atoms with van der Waals surface area (Å²) in [6, 6.07) is 8.77. The zero-order valence-corrected chi connectivity index (χ0v) is 25.2. The Balaban J connectivity index is 1.57. The maximum atomic E-state index is 14.2. The highest BCUT2D eigenvalue weighted by atomic mass is 16.5. The second-order valence-corrected chi connectivity index (χ2v) is 13.3. The number of hydrogen-bond acceptors (Lipinski definition) is 9. The summed E-state index contributed by atoms with van der Waals surface area (Å²) < 4.78 is 5.14. The minimum absolute atomic E-state index is 0.00627. The van der Waals surface area contributed by atoms with Crippen molar-refractivity contribution in [3.63, 3.8) is 0 Å². The van der Waals surface area contributed by atoms with E-state index < -0.39 is 69.9 Å². The van der Waals surface area contributed by atoms with Crippen LogP contribution < -0.4 is 21.1 Å². The number of urea groups is 1. The molecule has 0 heterocycles. The molecule has 0 bridgehead atoms. The van der Waals surface area contributed by atoms with Gasteiger partial charge in [0.15, 0.2) is 17.2 Å². The highest BCUT2D eigenvalue weighted by Crippen LogP contribution is 2.66. The van der Waals surface area contributed by atoms with Crippen LogP contribution in [0.25, 0.3) is 0 Å². The Labute approximate surface area is 254 Å². The topological polar surface area (TPSA) is 209 Å². The lowest BCUT2D eigenvalue weighted by Crippen LogP contribution is -2.79. The summed E-state index contributed by atoms with van der Waals surface area (Å²) >= 11 is 0. The van der Waals surface area contributed by atoms with E-state index in [1.807, 2.05) is 0 Å². The number of fused-ring (bicyclic) bond motifs is 3. The Morgan fingerprint density at radius 1 is 1.05 bits per heavy atom. The van der Waals surface area contributed by atoms with E-state index >= 15 is 0 Å². The molecule has 2 saturated carbocycles. The fourth-order valence-corrected chi connectivity index (χ4v) is 8.61. The van der Waals surface area contributed by atoms with E-state index in [1.165, 1.54) is 19.2 Å². The molecule has 5 rings (SSSR count). The zero-order valence-electron chi connectivity index (χ0n) is 25.2. The lowest BCUT2D eigenvalue weighted by Gasteiger charge is -2.66. The summed E-state index contributed by atoms with van der Waals surface area (Å²) in [6.45, 7) is 6.88. The number of carbonyl (C=O) groups excluding carboxylic acids is 4. The van der Waals surface area contributed by atoms with Gasteiger partial charge >= 0.3 is 6.03 Å². The van der Waals surface area contributed by atoms with Crippen LogP contribution in [-0.2, 0) is 16.0 Å². The molecule has 2 unspecified atom stereocenters. The summed E-state index contributed by atoms with van der Waals surface area (Å²) in [5, 5.41) is 51.6. The van der Waals surface area contributed by atoms with Crippen molar-refractivity contribution in [2.45, 2.75) is 58.3 Å². The number of anilines is 2. The van der Waals surface area contributed by atoms with Crippen LogP contribution in [0.4, 0.5) is 16.2 Å². The second-order valence-electron chi connectivity index (χ2n) is 13.3. The normalized spacial score (nSPS) is 34.4. The number of benzene rings is 2. The summed E-state index contributed by atoms with van der Waals surface area (Å²) in [4.78, 5) is 53.3. The van der Waals surface area contributed by atoms with Gasteiger partial charge in [-0.2, -0.15) is 0 Å². The van der Waals surface area contributed by atoms with Gasteiger partial charge in [-0.25, -0.2) is 4.79 Å². The molecule has 2 aromatic rings. The van der Waals surface area contributed by atoms with E-state index in [2.05, 4.69) is 10.6 Å². The molecule has 12 heteroatoms. The standard InChI is InChI=1S/C32H39N3O9/c1-14(2)22-25(38)21(28(33)41)26(39)32(43)27(40)23-24(37)20-17(12-30(23,3)13-31(22,32)4)18(10-11-19(20)36)35-29(42)34-15-6-8-16(44-5)9-7-15/h6-11,14,21-23,25,27,36,38,40,43H,12-13H2,1-5H3,(H2,33,41)(H2,34,35,42)/t21-,22+,23-,25?,27?,30-,31-,32+/m1/s1. The zero-order chi connectivity index (χ0) is 32.5. The van der Waals surface area contributed by atoms with Crippen molar-refractivity contribution >= 4 is 34.9 Å². The molecule has 0 spiro atoms. The molecular formula is C32H39N3O9. The predicted octanol–water partition coefficient (Wildman–Crippen LogP) is 2.23. The Morgan fingerprint density at radius 2 is 1.68 bits per heavy atom. The highest BCUT2D eigenvalue weighted by Gasteiger charge is 2.75. The molecule has 3 amide bonds. The minimum Gasteiger partial charge on any atom is -0.507 e. The number of rotatable bonds is 5. The van der Waals surface area contributed by atoms with E-state index in [4.69, 9.17) is 10.5 Å². The number of amides is 3. The minimum atomic E-state index is -2.60. The first-order chi connectivity index (χ1) is 20.5. The molecule has 8 atom stereocenters. The SMILES string of the molecule is COc1ccc(NC(=O)Nc2ccc(O)c3c2C[C@]2(C)C[C@]4(C)[C@@H](C(C)C)C(O)[C@@H](C(N)=O)C(=O)[C@]4(O)C(O)[C@H]2C3=O)cc1. The predicted molar refractivity (Wildman–Crippen MR) is 159 cm³/mol. The number of aliphatic hydroxyl groups excluding tert-OH is 2. The quantitative estimate of drug-likeness (QED) is 0.196. The molecule has 3 aliphatic carbocycles. The van der Waals surface area contributed by atoms with Crippen molar-refractivity contribution in [1.29, 1.82) is 0 Å². The molecule has 0 aromatic heterocycles. The molecule has 2 fully saturated rings. The van der Waals surface area contributed by atoms with Crippen LogP contribution in [0.3, 0.4) is 0 Å². The smallest absolute Gasteiger partial charge is 0.323 e. The van der Waals surface area contributed by atoms with Crippen molar-refractivity contribution in [2.75, 3.05) is 17.7 Å². The first-order valence-electron chi connectivity index (χ1n) is 14.5. The van der Waals surface area contributed by atoms with Crippen molar-refractivity contribution < 1.29 is 44.3 Å². The molecule has 8 N–H and O–H groups in total. The van der Waals surface area contributed by atoms with E-state index in [0.717, 1.165) is 0 Å². The number of aromatic hydroxyl groups is 1. The number of ketones is 2. The Morgan fingerprint density at radius 3 is 2.25 bits per heavy atom. The number of phenols is 1. The van der Waals surface area contributed by atoms with Gasteiger partial charge in [-0.15, -0.1) is 0 Å². The Bertz CT molecular complexity index is 1540. The fourth-order valence-electron chi connectivity index (χ4n) is 8.61. The number of carbonyl (C=O) groups is 4. The number of Topliss-reactive ketones (excluding diaryl/α,β-unsaturated/α-hetero) is 2. The maximum Gasteiger partial charge on any atom is 0.323 e. The molecule has 44 heavy (non-hydrogen) atoms. The van der Waals surface area contributed by atoms with E-state index in [0.29, 0.717) is 17.0 Å². The van der Waals surface area contributed by atoms with Gasteiger partial charge < -0.3 is 41.5 Å². The molecule has 236 valence electrons. The number of primary amides is 1. The number of nitrogens with one attached hydrogen (secondary N) is 2. The summed E-state index contributed by atoms with van der Waals surface area (Å²) in [5.74, 6) is -7.11. The average Bonchev–Trinajstić information content (AvgIpc) is 2.92. The van der Waals surface area contributed by atoms with Gasteiger partial charge in [-0.05, 0) is 72.1 Å². The summed E-state index contributed by atoms with van der Waals surface area (Å²) in [5.41, 5.74) is 1.25. The molecule has 3 aliphatic rings. The number of phenolic OH excluding ortho intramolecular Hbond substituents is 1. The van der Waals surface area contributed by atoms with Gasteiger partial charge in [-0.3, -0.25) is 14.4 Å². The van der Waals surface area contributed by atoms with Crippen molar-refractivity contribution in [3.8, 4) is 11.5 Å².